The maximum absolute atomic E-state index is 14.4. The fourth-order valence-electron chi connectivity index (χ4n) is 3.20. The molecule has 0 unspecified atom stereocenters. The molecule has 40 heavy (non-hydrogen) atoms. The number of hydrogen-bond donors (Lipinski definition) is 2. The summed E-state index contributed by atoms with van der Waals surface area (Å²) in [7, 11) is 0. The Balaban J connectivity index is 2.22. The minimum absolute atomic E-state index is 0.0949. The Morgan fingerprint density at radius 2 is 0.675 bits per heavy atom. The van der Waals surface area contributed by atoms with E-state index in [4.69, 9.17) is 11.5 Å². The maximum Gasteiger partial charge on any atom is 0.422 e. The Bertz CT molecular complexity index is 1490. The lowest BCUT2D eigenvalue weighted by molar-refractivity contribution is -0.141. The number of halogens is 15. The molecule has 0 aliphatic carbocycles. The predicted octanol–water partition coefficient (Wildman–Crippen LogP) is 8.33. The van der Waals surface area contributed by atoms with Crippen molar-refractivity contribution in [2.24, 2.45) is 0 Å². The van der Waals surface area contributed by atoms with Gasteiger partial charge in [0.05, 0.1) is 11.4 Å². The number of rotatable bonds is 4. The average Bonchev–Trinajstić information content (AvgIpc) is 2.75. The largest absolute Gasteiger partial charge is 0.453 e. The molecule has 19 heteroatoms. The number of ether oxygens (including phenoxy) is 2. The molecular weight excluding hydrogens is 597 g/mol. The van der Waals surface area contributed by atoms with Gasteiger partial charge in [0.2, 0.25) is 17.5 Å². The normalized spacial score (nSPS) is 12.6. The van der Waals surface area contributed by atoms with E-state index in [2.05, 4.69) is 9.47 Å². The van der Waals surface area contributed by atoms with Crippen molar-refractivity contribution in [1.82, 2.24) is 0 Å². The standard InChI is InChI=1S/C21H7F15N2O2/c22-13-7(1-4(37)10(16(13)25)19(28,29)30)39-6-3-9(15(24)18(27)12(6)21(34,35)36)40-8-2-5(38)11(20(31,32)33)17(26)14(8)23/h1-3H,37-38H2. The fraction of sp³-hybridized carbons (Fsp3) is 0.143. The molecule has 0 aliphatic rings. The van der Waals surface area contributed by atoms with Crippen LogP contribution in [0.4, 0.5) is 77.2 Å². The monoisotopic (exact) mass is 604 g/mol. The van der Waals surface area contributed by atoms with Gasteiger partial charge in [-0.15, -0.1) is 0 Å². The van der Waals surface area contributed by atoms with Crippen molar-refractivity contribution in [2.45, 2.75) is 18.5 Å². The second-order valence-corrected chi connectivity index (χ2v) is 7.51. The Labute approximate surface area is 210 Å². The minimum Gasteiger partial charge on any atom is -0.453 e. The van der Waals surface area contributed by atoms with Crippen molar-refractivity contribution >= 4 is 11.4 Å². The van der Waals surface area contributed by atoms with E-state index in [0.29, 0.717) is 0 Å². The number of nitrogens with two attached hydrogens (primary N) is 2. The van der Waals surface area contributed by atoms with Gasteiger partial charge >= 0.3 is 18.5 Å². The molecule has 3 aromatic rings. The number of alkyl halides is 9. The highest BCUT2D eigenvalue weighted by Gasteiger charge is 2.43. The van der Waals surface area contributed by atoms with Crippen LogP contribution in [0.1, 0.15) is 16.7 Å². The lowest BCUT2D eigenvalue weighted by Gasteiger charge is -2.19. The van der Waals surface area contributed by atoms with E-state index in [-0.39, 0.29) is 18.2 Å². The molecule has 4 N–H and O–H groups in total. The summed E-state index contributed by atoms with van der Waals surface area (Å²) < 4.78 is 212. The topological polar surface area (TPSA) is 70.5 Å². The molecule has 0 aromatic heterocycles. The Morgan fingerprint density at radius 1 is 0.400 bits per heavy atom. The quantitative estimate of drug-likeness (QED) is 0.232. The van der Waals surface area contributed by atoms with Gasteiger partial charge in [0.25, 0.3) is 0 Å². The molecule has 0 saturated carbocycles. The van der Waals surface area contributed by atoms with Crippen molar-refractivity contribution in [2.75, 3.05) is 11.5 Å². The Hall–Kier alpha value is -4.19. The second-order valence-electron chi connectivity index (χ2n) is 7.51. The molecule has 0 amide bonds. The van der Waals surface area contributed by atoms with Gasteiger partial charge in [-0.1, -0.05) is 0 Å². The molecule has 0 spiro atoms. The first-order chi connectivity index (χ1) is 18.1. The van der Waals surface area contributed by atoms with Crippen LogP contribution in [0.3, 0.4) is 0 Å². The van der Waals surface area contributed by atoms with Crippen molar-refractivity contribution in [3.05, 3.63) is 69.8 Å². The van der Waals surface area contributed by atoms with E-state index in [1.54, 1.807) is 0 Å². The van der Waals surface area contributed by atoms with Crippen LogP contribution in [0.2, 0.25) is 0 Å². The SMILES string of the molecule is Nc1cc(Oc2cc(Oc3cc(N)c(C(F)(F)F)c(F)c3F)c(C(F)(F)F)c(F)c2F)c(F)c(F)c1C(F)(F)F. The molecular formula is C21H7F15N2O2. The molecule has 218 valence electrons. The highest BCUT2D eigenvalue weighted by atomic mass is 19.4. The number of anilines is 2. The van der Waals surface area contributed by atoms with E-state index < -0.39 is 104 Å². The first-order valence-electron chi connectivity index (χ1n) is 9.71. The smallest absolute Gasteiger partial charge is 0.422 e. The summed E-state index contributed by atoms with van der Waals surface area (Å²) in [5.74, 6) is -23.6. The first-order valence-corrected chi connectivity index (χ1v) is 9.71. The van der Waals surface area contributed by atoms with Gasteiger partial charge in [0, 0.05) is 18.2 Å². The zero-order valence-corrected chi connectivity index (χ0v) is 18.4. The van der Waals surface area contributed by atoms with E-state index in [0.717, 1.165) is 0 Å². The van der Waals surface area contributed by atoms with Crippen LogP contribution in [0.25, 0.3) is 0 Å². The van der Waals surface area contributed by atoms with Gasteiger partial charge in [-0.05, 0) is 0 Å². The van der Waals surface area contributed by atoms with E-state index >= 15 is 0 Å². The third-order valence-electron chi connectivity index (χ3n) is 4.83. The van der Waals surface area contributed by atoms with Gasteiger partial charge in [-0.3, -0.25) is 0 Å². The van der Waals surface area contributed by atoms with Gasteiger partial charge in [-0.2, -0.15) is 52.7 Å². The van der Waals surface area contributed by atoms with Crippen LogP contribution >= 0.6 is 0 Å². The third kappa shape index (κ3) is 5.44. The fourth-order valence-corrected chi connectivity index (χ4v) is 3.20. The van der Waals surface area contributed by atoms with Crippen LogP contribution in [0.5, 0.6) is 23.0 Å². The zero-order chi connectivity index (χ0) is 30.7. The third-order valence-corrected chi connectivity index (χ3v) is 4.83. The summed E-state index contributed by atoms with van der Waals surface area (Å²) in [5, 5.41) is 0. The number of hydrogen-bond acceptors (Lipinski definition) is 4. The molecule has 3 rings (SSSR count). The molecule has 0 saturated heterocycles. The van der Waals surface area contributed by atoms with Crippen LogP contribution in [-0.4, -0.2) is 0 Å². The van der Waals surface area contributed by atoms with Crippen LogP contribution in [0, 0.1) is 34.9 Å². The molecule has 0 heterocycles. The van der Waals surface area contributed by atoms with Gasteiger partial charge in [0.1, 0.15) is 22.4 Å². The first kappa shape index (κ1) is 30.4. The van der Waals surface area contributed by atoms with Gasteiger partial charge in [-0.25, -0.2) is 13.2 Å². The van der Waals surface area contributed by atoms with Crippen molar-refractivity contribution in [3.8, 4) is 23.0 Å². The lowest BCUT2D eigenvalue weighted by atomic mass is 10.1. The summed E-state index contributed by atoms with van der Waals surface area (Å²) in [6, 6.07) is -0.575. The molecule has 0 atom stereocenters. The summed E-state index contributed by atoms with van der Waals surface area (Å²) in [5.41, 5.74) is -0.682. The van der Waals surface area contributed by atoms with Crippen LogP contribution < -0.4 is 20.9 Å². The zero-order valence-electron chi connectivity index (χ0n) is 18.4. The molecule has 4 nitrogen and oxygen atoms in total. The molecule has 0 fully saturated rings. The Kier molecular flexibility index (Phi) is 7.42. The van der Waals surface area contributed by atoms with Crippen molar-refractivity contribution in [3.63, 3.8) is 0 Å². The number of nitrogen functional groups attached to an aromatic ring is 2. The highest BCUT2D eigenvalue weighted by Crippen LogP contribution is 2.47. The van der Waals surface area contributed by atoms with E-state index in [9.17, 15) is 65.9 Å². The summed E-state index contributed by atoms with van der Waals surface area (Å²) in [6.07, 6.45) is -17.1. The number of benzene rings is 3. The summed E-state index contributed by atoms with van der Waals surface area (Å²) >= 11 is 0. The van der Waals surface area contributed by atoms with Crippen LogP contribution in [0.15, 0.2) is 18.2 Å². The lowest BCUT2D eigenvalue weighted by Crippen LogP contribution is -2.15. The average molecular weight is 604 g/mol. The minimum atomic E-state index is -5.92. The molecule has 0 aliphatic heterocycles. The molecule has 0 bridgehead atoms. The van der Waals surface area contributed by atoms with Crippen LogP contribution in [-0.2, 0) is 18.5 Å². The Morgan fingerprint density at radius 3 is 1.00 bits per heavy atom. The second kappa shape index (κ2) is 9.77. The molecule has 0 radical (unpaired) electrons. The van der Waals surface area contributed by atoms with E-state index in [1.807, 2.05) is 0 Å². The summed E-state index contributed by atoms with van der Waals surface area (Å²) in [4.78, 5) is 0. The van der Waals surface area contributed by atoms with Gasteiger partial charge in [0.15, 0.2) is 34.7 Å². The highest BCUT2D eigenvalue weighted by molar-refractivity contribution is 5.58. The maximum atomic E-state index is 14.4. The summed E-state index contributed by atoms with van der Waals surface area (Å²) in [6.45, 7) is 0. The van der Waals surface area contributed by atoms with Crippen molar-refractivity contribution < 1.29 is 75.3 Å². The molecule has 3 aromatic carbocycles. The van der Waals surface area contributed by atoms with E-state index in [1.165, 1.54) is 0 Å². The van der Waals surface area contributed by atoms with Crippen molar-refractivity contribution in [1.29, 1.82) is 0 Å². The predicted molar refractivity (Wildman–Crippen MR) is 103 cm³/mol. The van der Waals surface area contributed by atoms with Gasteiger partial charge < -0.3 is 20.9 Å².